The summed E-state index contributed by atoms with van der Waals surface area (Å²) in [6.07, 6.45) is 9.16. The Bertz CT molecular complexity index is 889. The van der Waals surface area contributed by atoms with E-state index in [0.29, 0.717) is 23.1 Å². The van der Waals surface area contributed by atoms with Crippen LogP contribution in [0.15, 0.2) is 36.5 Å². The molecule has 1 aromatic heterocycles. The van der Waals surface area contributed by atoms with Gasteiger partial charge in [-0.2, -0.15) is 0 Å². The van der Waals surface area contributed by atoms with Crippen LogP contribution >= 0.6 is 0 Å². The second kappa shape index (κ2) is 10.7. The first-order chi connectivity index (χ1) is 15.6. The molecule has 0 unspecified atom stereocenters. The van der Waals surface area contributed by atoms with Crippen molar-refractivity contribution >= 4 is 11.7 Å². The Labute approximate surface area is 190 Å². The number of likely N-dealkylation sites (tertiary alicyclic amines) is 1. The molecule has 4 rings (SSSR count). The predicted molar refractivity (Wildman–Crippen MR) is 126 cm³/mol. The summed E-state index contributed by atoms with van der Waals surface area (Å²) < 4.78 is 11.2. The molecular formula is C25H34N4O3. The molecule has 0 atom stereocenters. The second-order valence-corrected chi connectivity index (χ2v) is 8.97. The molecule has 1 aromatic carbocycles. The van der Waals surface area contributed by atoms with Gasteiger partial charge in [0.25, 0.3) is 0 Å². The van der Waals surface area contributed by atoms with Gasteiger partial charge in [0.1, 0.15) is 0 Å². The van der Waals surface area contributed by atoms with Crippen LogP contribution in [0.25, 0.3) is 0 Å². The third-order valence-corrected chi connectivity index (χ3v) is 6.44. The van der Waals surface area contributed by atoms with Crippen LogP contribution in [0.4, 0.5) is 10.5 Å². The minimum atomic E-state index is -0.185. The number of pyridine rings is 1. The van der Waals surface area contributed by atoms with Crippen molar-refractivity contribution < 1.29 is 14.3 Å². The fraction of sp³-hybridized carbons (Fsp3) is 0.520. The summed E-state index contributed by atoms with van der Waals surface area (Å²) >= 11 is 0. The molecule has 2 amide bonds. The number of carbonyl (C=O) groups excluding carboxylic acids is 1. The average Bonchev–Trinajstić information content (AvgIpc) is 3.30. The van der Waals surface area contributed by atoms with Crippen LogP contribution in [-0.2, 0) is 0 Å². The third-order valence-electron chi connectivity index (χ3n) is 6.44. The van der Waals surface area contributed by atoms with Crippen molar-refractivity contribution in [2.75, 3.05) is 32.1 Å². The zero-order valence-corrected chi connectivity index (χ0v) is 19.1. The minimum absolute atomic E-state index is 0.185. The van der Waals surface area contributed by atoms with Crippen LogP contribution in [0.1, 0.15) is 44.1 Å². The SMILES string of the molecule is COc1cc(C)ccc1Oc1ccc(NC(=O)NC2CCN(CC3CCCC3)CC2)cn1. The molecule has 1 aliphatic heterocycles. The van der Waals surface area contributed by atoms with Gasteiger partial charge in [0, 0.05) is 31.7 Å². The van der Waals surface area contributed by atoms with E-state index in [4.69, 9.17) is 9.47 Å². The largest absolute Gasteiger partial charge is 0.493 e. The zero-order chi connectivity index (χ0) is 22.3. The Morgan fingerprint density at radius 3 is 2.56 bits per heavy atom. The van der Waals surface area contributed by atoms with Crippen molar-refractivity contribution in [3.05, 3.63) is 42.1 Å². The number of urea groups is 1. The van der Waals surface area contributed by atoms with Gasteiger partial charge in [-0.3, -0.25) is 0 Å². The minimum Gasteiger partial charge on any atom is -0.493 e. The van der Waals surface area contributed by atoms with Gasteiger partial charge < -0.3 is 25.0 Å². The number of nitrogens with zero attached hydrogens (tertiary/aromatic N) is 2. The number of amides is 2. The first-order valence-electron chi connectivity index (χ1n) is 11.7. The lowest BCUT2D eigenvalue weighted by atomic mass is 10.0. The van der Waals surface area contributed by atoms with E-state index in [9.17, 15) is 4.79 Å². The number of hydrogen-bond acceptors (Lipinski definition) is 5. The molecule has 0 bridgehead atoms. The van der Waals surface area contributed by atoms with Crippen molar-refractivity contribution in [3.63, 3.8) is 0 Å². The monoisotopic (exact) mass is 438 g/mol. The number of methoxy groups -OCH3 is 1. The van der Waals surface area contributed by atoms with E-state index >= 15 is 0 Å². The fourth-order valence-electron chi connectivity index (χ4n) is 4.66. The number of aromatic nitrogens is 1. The van der Waals surface area contributed by atoms with Gasteiger partial charge >= 0.3 is 6.03 Å². The van der Waals surface area contributed by atoms with Crippen molar-refractivity contribution in [1.82, 2.24) is 15.2 Å². The Morgan fingerprint density at radius 1 is 1.09 bits per heavy atom. The van der Waals surface area contributed by atoms with Crippen molar-refractivity contribution in [2.45, 2.75) is 51.5 Å². The number of nitrogens with one attached hydrogen (secondary N) is 2. The fourth-order valence-corrected chi connectivity index (χ4v) is 4.66. The van der Waals surface area contributed by atoms with Gasteiger partial charge in [0.05, 0.1) is 19.0 Å². The maximum Gasteiger partial charge on any atom is 0.319 e. The molecule has 2 N–H and O–H groups in total. The molecule has 2 fully saturated rings. The highest BCUT2D eigenvalue weighted by atomic mass is 16.5. The molecule has 1 saturated carbocycles. The molecule has 1 aliphatic carbocycles. The lowest BCUT2D eigenvalue weighted by Gasteiger charge is -2.33. The van der Waals surface area contributed by atoms with Crippen LogP contribution < -0.4 is 20.1 Å². The van der Waals surface area contributed by atoms with Gasteiger partial charge in [-0.15, -0.1) is 0 Å². The standard InChI is InChI=1S/C25H34N4O3/c1-18-7-9-22(23(15-18)31-2)32-24-10-8-21(16-26-24)28-25(30)27-20-11-13-29(14-12-20)17-19-5-3-4-6-19/h7-10,15-16,19-20H,3-6,11-14,17H2,1-2H3,(H2,27,28,30). The number of carbonyl (C=O) groups is 1. The van der Waals surface area contributed by atoms with E-state index in [-0.39, 0.29) is 12.1 Å². The molecule has 0 radical (unpaired) electrons. The van der Waals surface area contributed by atoms with Crippen molar-refractivity contribution in [3.8, 4) is 17.4 Å². The summed E-state index contributed by atoms with van der Waals surface area (Å²) in [4.78, 5) is 19.3. The Balaban J connectivity index is 1.22. The van der Waals surface area contributed by atoms with Crippen LogP contribution in [0.2, 0.25) is 0 Å². The molecule has 2 aliphatic rings. The molecule has 32 heavy (non-hydrogen) atoms. The van der Waals surface area contributed by atoms with Crippen LogP contribution in [0, 0.1) is 12.8 Å². The topological polar surface area (TPSA) is 75.7 Å². The van der Waals surface area contributed by atoms with Crippen molar-refractivity contribution in [2.24, 2.45) is 5.92 Å². The molecule has 1 saturated heterocycles. The molecule has 7 heteroatoms. The van der Waals surface area contributed by atoms with E-state index in [1.54, 1.807) is 25.4 Å². The highest BCUT2D eigenvalue weighted by Crippen LogP contribution is 2.31. The predicted octanol–water partition coefficient (Wildman–Crippen LogP) is 4.97. The van der Waals surface area contributed by atoms with E-state index in [1.165, 1.54) is 32.2 Å². The van der Waals surface area contributed by atoms with Gasteiger partial charge in [0.15, 0.2) is 11.5 Å². The normalized spacial score (nSPS) is 17.8. The third kappa shape index (κ3) is 6.13. The zero-order valence-electron chi connectivity index (χ0n) is 19.1. The summed E-state index contributed by atoms with van der Waals surface area (Å²) in [5, 5.41) is 5.98. The number of piperidine rings is 1. The van der Waals surface area contributed by atoms with E-state index in [2.05, 4.69) is 20.5 Å². The van der Waals surface area contributed by atoms with Crippen LogP contribution in [-0.4, -0.2) is 48.7 Å². The summed E-state index contributed by atoms with van der Waals surface area (Å²) in [7, 11) is 1.61. The van der Waals surface area contributed by atoms with Gasteiger partial charge in [0.2, 0.25) is 5.88 Å². The van der Waals surface area contributed by atoms with Crippen LogP contribution in [0.3, 0.4) is 0 Å². The highest BCUT2D eigenvalue weighted by molar-refractivity contribution is 5.89. The molecule has 2 aromatic rings. The molecular weight excluding hydrogens is 404 g/mol. The number of benzene rings is 1. The molecule has 7 nitrogen and oxygen atoms in total. The van der Waals surface area contributed by atoms with Crippen molar-refractivity contribution in [1.29, 1.82) is 0 Å². The maximum absolute atomic E-state index is 12.4. The van der Waals surface area contributed by atoms with E-state index < -0.39 is 0 Å². The van der Waals surface area contributed by atoms with Gasteiger partial charge in [-0.05, 0) is 62.3 Å². The maximum atomic E-state index is 12.4. The number of aryl methyl sites for hydroxylation is 1. The number of hydrogen-bond donors (Lipinski definition) is 2. The lowest BCUT2D eigenvalue weighted by molar-refractivity contribution is 0.173. The molecule has 172 valence electrons. The Morgan fingerprint density at radius 2 is 1.88 bits per heavy atom. The molecule has 2 heterocycles. The van der Waals surface area contributed by atoms with Gasteiger partial charge in [-0.1, -0.05) is 18.9 Å². The second-order valence-electron chi connectivity index (χ2n) is 8.97. The highest BCUT2D eigenvalue weighted by Gasteiger charge is 2.24. The quantitative estimate of drug-likeness (QED) is 0.639. The number of rotatable bonds is 7. The first kappa shape index (κ1) is 22.4. The van der Waals surface area contributed by atoms with Gasteiger partial charge in [-0.25, -0.2) is 9.78 Å². The number of ether oxygens (including phenoxy) is 2. The summed E-state index contributed by atoms with van der Waals surface area (Å²) in [6.45, 7) is 5.36. The smallest absolute Gasteiger partial charge is 0.319 e. The summed E-state index contributed by atoms with van der Waals surface area (Å²) in [6, 6.07) is 9.28. The summed E-state index contributed by atoms with van der Waals surface area (Å²) in [5.74, 6) is 2.58. The average molecular weight is 439 g/mol. The molecule has 0 spiro atoms. The Hall–Kier alpha value is -2.80. The van der Waals surface area contributed by atoms with E-state index in [1.807, 2.05) is 25.1 Å². The van der Waals surface area contributed by atoms with E-state index in [0.717, 1.165) is 37.4 Å². The lowest BCUT2D eigenvalue weighted by Crippen LogP contribution is -2.46. The first-order valence-corrected chi connectivity index (χ1v) is 11.7. The van der Waals surface area contributed by atoms with Crippen LogP contribution in [0.5, 0.6) is 17.4 Å². The summed E-state index contributed by atoms with van der Waals surface area (Å²) in [5.41, 5.74) is 1.72. The Kier molecular flexibility index (Phi) is 7.47. The number of anilines is 1.